The largest absolute Gasteiger partial charge is 0.493 e. The van der Waals surface area contributed by atoms with Crippen molar-refractivity contribution in [3.8, 4) is 11.5 Å². The summed E-state index contributed by atoms with van der Waals surface area (Å²) in [6.07, 6.45) is 0. The maximum Gasteiger partial charge on any atom is 0.162 e. The zero-order valence-electron chi connectivity index (χ0n) is 7.43. The fourth-order valence-corrected chi connectivity index (χ4v) is 1.82. The third-order valence-electron chi connectivity index (χ3n) is 1.51. The topological polar surface area (TPSA) is 18.5 Å². The lowest BCUT2D eigenvalue weighted by Gasteiger charge is -2.10. The van der Waals surface area contributed by atoms with Crippen LogP contribution >= 0.6 is 45.2 Å². The number of ether oxygens (including phenoxy) is 2. The standard InChI is InChI=1S/C9H10I2O2/c1-3-13-9-5-7(11)6(10)4-8(9)12-2/h4-5H,3H2,1-2H3. The fraction of sp³-hybridized carbons (Fsp3) is 0.333. The van der Waals surface area contributed by atoms with Crippen molar-refractivity contribution in [3.63, 3.8) is 0 Å². The van der Waals surface area contributed by atoms with Crippen molar-refractivity contribution in [2.24, 2.45) is 0 Å². The third-order valence-corrected chi connectivity index (χ3v) is 4.32. The predicted octanol–water partition coefficient (Wildman–Crippen LogP) is 3.30. The summed E-state index contributed by atoms with van der Waals surface area (Å²) in [5.41, 5.74) is 0. The van der Waals surface area contributed by atoms with Crippen LogP contribution in [0.3, 0.4) is 0 Å². The molecule has 4 heteroatoms. The van der Waals surface area contributed by atoms with Gasteiger partial charge in [0.05, 0.1) is 13.7 Å². The summed E-state index contributed by atoms with van der Waals surface area (Å²) in [5.74, 6) is 1.61. The van der Waals surface area contributed by atoms with Gasteiger partial charge in [0, 0.05) is 7.14 Å². The first kappa shape index (κ1) is 11.4. The summed E-state index contributed by atoms with van der Waals surface area (Å²) in [4.78, 5) is 0. The highest BCUT2D eigenvalue weighted by Crippen LogP contribution is 2.32. The van der Waals surface area contributed by atoms with Crippen molar-refractivity contribution < 1.29 is 9.47 Å². The lowest BCUT2D eigenvalue weighted by atomic mass is 10.3. The van der Waals surface area contributed by atoms with Crippen LogP contribution in [0.2, 0.25) is 0 Å². The molecule has 0 radical (unpaired) electrons. The van der Waals surface area contributed by atoms with Crippen LogP contribution < -0.4 is 9.47 Å². The third kappa shape index (κ3) is 2.87. The number of methoxy groups -OCH3 is 1. The van der Waals surface area contributed by atoms with Crippen molar-refractivity contribution in [3.05, 3.63) is 19.3 Å². The van der Waals surface area contributed by atoms with E-state index in [0.29, 0.717) is 6.61 Å². The minimum absolute atomic E-state index is 0.660. The average Bonchev–Trinajstić information content (AvgIpc) is 2.11. The van der Waals surface area contributed by atoms with Crippen LogP contribution in [0, 0.1) is 7.14 Å². The van der Waals surface area contributed by atoms with Crippen molar-refractivity contribution in [2.45, 2.75) is 6.92 Å². The van der Waals surface area contributed by atoms with Gasteiger partial charge in [-0.3, -0.25) is 0 Å². The Balaban J connectivity index is 3.09. The Labute approximate surface area is 105 Å². The smallest absolute Gasteiger partial charge is 0.162 e. The molecule has 0 unspecified atom stereocenters. The summed E-state index contributed by atoms with van der Waals surface area (Å²) >= 11 is 4.55. The van der Waals surface area contributed by atoms with Crippen LogP contribution in [0.4, 0.5) is 0 Å². The minimum Gasteiger partial charge on any atom is -0.493 e. The summed E-state index contributed by atoms with van der Waals surface area (Å²) < 4.78 is 13.0. The highest BCUT2D eigenvalue weighted by atomic mass is 127. The highest BCUT2D eigenvalue weighted by molar-refractivity contribution is 14.1. The van der Waals surface area contributed by atoms with Gasteiger partial charge >= 0.3 is 0 Å². The molecule has 0 aromatic heterocycles. The van der Waals surface area contributed by atoms with Crippen LogP contribution in [-0.2, 0) is 0 Å². The summed E-state index contributed by atoms with van der Waals surface area (Å²) in [6.45, 7) is 2.62. The number of halogens is 2. The molecule has 0 saturated carbocycles. The van der Waals surface area contributed by atoms with Crippen LogP contribution in [0.15, 0.2) is 12.1 Å². The van der Waals surface area contributed by atoms with Crippen molar-refractivity contribution >= 4 is 45.2 Å². The van der Waals surface area contributed by atoms with Gasteiger partial charge in [0.25, 0.3) is 0 Å². The molecule has 0 atom stereocenters. The second-order valence-electron chi connectivity index (χ2n) is 2.35. The van der Waals surface area contributed by atoms with Gasteiger partial charge in [-0.25, -0.2) is 0 Å². The normalized spacial score (nSPS) is 9.85. The molecule has 72 valence electrons. The molecule has 0 spiro atoms. The number of hydrogen-bond donors (Lipinski definition) is 0. The molecule has 13 heavy (non-hydrogen) atoms. The van der Waals surface area contributed by atoms with Gasteiger partial charge in [-0.15, -0.1) is 0 Å². The van der Waals surface area contributed by atoms with Crippen LogP contribution in [0.1, 0.15) is 6.92 Å². The minimum atomic E-state index is 0.660. The van der Waals surface area contributed by atoms with E-state index in [1.165, 1.54) is 7.14 Å². The van der Waals surface area contributed by atoms with Gasteiger partial charge in [-0.05, 0) is 64.2 Å². The first-order valence-corrected chi connectivity index (χ1v) is 6.00. The first-order chi connectivity index (χ1) is 6.19. The fourth-order valence-electron chi connectivity index (χ4n) is 0.938. The van der Waals surface area contributed by atoms with Crippen LogP contribution in [0.25, 0.3) is 0 Å². The molecule has 0 aliphatic carbocycles. The number of hydrogen-bond acceptors (Lipinski definition) is 2. The van der Waals surface area contributed by atoms with E-state index in [1.54, 1.807) is 7.11 Å². The van der Waals surface area contributed by atoms with E-state index in [0.717, 1.165) is 11.5 Å². The Morgan fingerprint density at radius 2 is 1.69 bits per heavy atom. The van der Waals surface area contributed by atoms with E-state index in [9.17, 15) is 0 Å². The summed E-state index contributed by atoms with van der Waals surface area (Å²) in [5, 5.41) is 0. The van der Waals surface area contributed by atoms with Gasteiger partial charge in [-0.1, -0.05) is 0 Å². The summed E-state index contributed by atoms with van der Waals surface area (Å²) in [7, 11) is 1.65. The second kappa shape index (κ2) is 5.23. The molecule has 0 bridgehead atoms. The maximum atomic E-state index is 5.43. The molecule has 1 aromatic rings. The van der Waals surface area contributed by atoms with Crippen molar-refractivity contribution in [2.75, 3.05) is 13.7 Å². The SMILES string of the molecule is CCOc1cc(I)c(I)cc1OC. The Kier molecular flexibility index (Phi) is 4.57. The van der Waals surface area contributed by atoms with Crippen molar-refractivity contribution in [1.82, 2.24) is 0 Å². The molecule has 2 nitrogen and oxygen atoms in total. The summed E-state index contributed by atoms with van der Waals surface area (Å²) in [6, 6.07) is 3.97. The molecule has 0 N–H and O–H groups in total. The van der Waals surface area contributed by atoms with Crippen LogP contribution in [0.5, 0.6) is 11.5 Å². The molecule has 0 saturated heterocycles. The number of rotatable bonds is 3. The molecular formula is C9H10I2O2. The van der Waals surface area contributed by atoms with E-state index >= 15 is 0 Å². The average molecular weight is 404 g/mol. The van der Waals surface area contributed by atoms with E-state index in [2.05, 4.69) is 45.2 Å². The first-order valence-electron chi connectivity index (χ1n) is 3.84. The molecule has 1 rings (SSSR count). The molecule has 0 fully saturated rings. The van der Waals surface area contributed by atoms with Gasteiger partial charge in [-0.2, -0.15) is 0 Å². The maximum absolute atomic E-state index is 5.43. The molecule has 0 aliphatic heterocycles. The van der Waals surface area contributed by atoms with Gasteiger partial charge in [0.2, 0.25) is 0 Å². The monoisotopic (exact) mass is 404 g/mol. The quantitative estimate of drug-likeness (QED) is 0.721. The zero-order chi connectivity index (χ0) is 9.84. The molecule has 0 heterocycles. The lowest BCUT2D eigenvalue weighted by Crippen LogP contribution is -1.96. The van der Waals surface area contributed by atoms with E-state index in [-0.39, 0.29) is 0 Å². The Bertz CT molecular complexity index is 300. The molecule has 0 amide bonds. The van der Waals surface area contributed by atoms with E-state index in [1.807, 2.05) is 19.1 Å². The van der Waals surface area contributed by atoms with Gasteiger partial charge in [0.1, 0.15) is 0 Å². The van der Waals surface area contributed by atoms with Gasteiger partial charge < -0.3 is 9.47 Å². The number of benzene rings is 1. The zero-order valence-corrected chi connectivity index (χ0v) is 11.7. The Hall–Kier alpha value is 0.280. The lowest BCUT2D eigenvalue weighted by molar-refractivity contribution is 0.310. The highest BCUT2D eigenvalue weighted by Gasteiger charge is 2.07. The van der Waals surface area contributed by atoms with E-state index < -0.39 is 0 Å². The Morgan fingerprint density at radius 1 is 1.15 bits per heavy atom. The molecule has 1 aromatic carbocycles. The Morgan fingerprint density at radius 3 is 2.15 bits per heavy atom. The second-order valence-corrected chi connectivity index (χ2v) is 4.67. The predicted molar refractivity (Wildman–Crippen MR) is 69.6 cm³/mol. The van der Waals surface area contributed by atoms with Crippen molar-refractivity contribution in [1.29, 1.82) is 0 Å². The molecular weight excluding hydrogens is 394 g/mol. The molecule has 0 aliphatic rings. The van der Waals surface area contributed by atoms with Gasteiger partial charge in [0.15, 0.2) is 11.5 Å². The van der Waals surface area contributed by atoms with E-state index in [4.69, 9.17) is 9.47 Å². The van der Waals surface area contributed by atoms with Crippen LogP contribution in [-0.4, -0.2) is 13.7 Å².